The first-order chi connectivity index (χ1) is 12.0. The number of rotatable bonds is 3. The van der Waals surface area contributed by atoms with Crippen LogP contribution in [-0.2, 0) is 16.1 Å². The second-order valence-electron chi connectivity index (χ2n) is 6.53. The van der Waals surface area contributed by atoms with Crippen molar-refractivity contribution in [3.05, 3.63) is 65.2 Å². The van der Waals surface area contributed by atoms with Crippen molar-refractivity contribution in [2.45, 2.75) is 32.5 Å². The Kier molecular flexibility index (Phi) is 3.60. The SMILES string of the molecule is Cc1ccc(N2C(=O)C3N=NN(Cc4cccc(C)c4)C3C2=O)cc1. The molecule has 126 valence electrons. The first-order valence-corrected chi connectivity index (χ1v) is 8.22. The third-order valence-electron chi connectivity index (χ3n) is 4.58. The normalized spacial score (nSPS) is 22.0. The van der Waals surface area contributed by atoms with Crippen LogP contribution in [0.25, 0.3) is 0 Å². The second kappa shape index (κ2) is 5.81. The molecule has 0 N–H and O–H groups in total. The van der Waals surface area contributed by atoms with E-state index >= 15 is 0 Å². The molecule has 1 saturated heterocycles. The number of imide groups is 1. The second-order valence-corrected chi connectivity index (χ2v) is 6.53. The fraction of sp³-hybridized carbons (Fsp3) is 0.263. The van der Waals surface area contributed by atoms with Gasteiger partial charge in [-0.25, -0.2) is 4.90 Å². The number of fused-ring (bicyclic) bond motifs is 1. The third kappa shape index (κ3) is 2.59. The summed E-state index contributed by atoms with van der Waals surface area (Å²) in [4.78, 5) is 26.8. The van der Waals surface area contributed by atoms with E-state index in [1.165, 1.54) is 4.90 Å². The minimum absolute atomic E-state index is 0.267. The van der Waals surface area contributed by atoms with Crippen LogP contribution in [0.5, 0.6) is 0 Å². The summed E-state index contributed by atoms with van der Waals surface area (Å²) in [6.45, 7) is 4.43. The van der Waals surface area contributed by atoms with E-state index in [0.29, 0.717) is 12.2 Å². The van der Waals surface area contributed by atoms with Gasteiger partial charge in [-0.05, 0) is 31.5 Å². The van der Waals surface area contributed by atoms with Crippen molar-refractivity contribution in [1.29, 1.82) is 0 Å². The van der Waals surface area contributed by atoms with Crippen LogP contribution in [0, 0.1) is 13.8 Å². The molecule has 6 heteroatoms. The first kappa shape index (κ1) is 15.5. The zero-order chi connectivity index (χ0) is 17.6. The van der Waals surface area contributed by atoms with Crippen LogP contribution in [0.15, 0.2) is 58.9 Å². The van der Waals surface area contributed by atoms with Gasteiger partial charge < -0.3 is 0 Å². The fourth-order valence-electron chi connectivity index (χ4n) is 3.30. The van der Waals surface area contributed by atoms with Crippen molar-refractivity contribution < 1.29 is 9.59 Å². The van der Waals surface area contributed by atoms with Crippen molar-refractivity contribution in [3.63, 3.8) is 0 Å². The highest BCUT2D eigenvalue weighted by Gasteiger charge is 2.54. The van der Waals surface area contributed by atoms with E-state index in [-0.39, 0.29) is 11.8 Å². The van der Waals surface area contributed by atoms with Crippen LogP contribution in [0.4, 0.5) is 5.69 Å². The van der Waals surface area contributed by atoms with Gasteiger partial charge in [0.15, 0.2) is 12.1 Å². The number of benzene rings is 2. The summed E-state index contributed by atoms with van der Waals surface area (Å²) in [6.07, 6.45) is 0. The van der Waals surface area contributed by atoms with Crippen LogP contribution in [0.2, 0.25) is 0 Å². The first-order valence-electron chi connectivity index (χ1n) is 8.22. The molecule has 0 bridgehead atoms. The van der Waals surface area contributed by atoms with E-state index in [0.717, 1.165) is 16.7 Å². The molecular weight excluding hydrogens is 316 g/mol. The molecule has 0 spiro atoms. The molecule has 6 nitrogen and oxygen atoms in total. The minimum atomic E-state index is -0.751. The van der Waals surface area contributed by atoms with Gasteiger partial charge in [0.05, 0.1) is 12.2 Å². The smallest absolute Gasteiger partial charge is 0.263 e. The maximum atomic E-state index is 12.9. The number of hydrogen-bond donors (Lipinski definition) is 0. The van der Waals surface area contributed by atoms with E-state index in [4.69, 9.17) is 0 Å². The maximum absolute atomic E-state index is 12.9. The highest BCUT2D eigenvalue weighted by molar-refractivity contribution is 6.25. The average molecular weight is 334 g/mol. The molecule has 0 saturated carbocycles. The van der Waals surface area contributed by atoms with E-state index in [9.17, 15) is 9.59 Å². The summed E-state index contributed by atoms with van der Waals surface area (Å²) in [5.74, 6) is -0.578. The van der Waals surface area contributed by atoms with Crippen LogP contribution in [-0.4, -0.2) is 28.9 Å². The van der Waals surface area contributed by atoms with Gasteiger partial charge in [-0.2, -0.15) is 5.11 Å². The Hall–Kier alpha value is -3.02. The molecule has 1 fully saturated rings. The lowest BCUT2D eigenvalue weighted by Gasteiger charge is -2.20. The highest BCUT2D eigenvalue weighted by atomic mass is 16.2. The van der Waals surface area contributed by atoms with Gasteiger partial charge in [0.25, 0.3) is 11.8 Å². The number of amides is 2. The number of hydrogen-bond acceptors (Lipinski definition) is 5. The molecule has 2 aromatic carbocycles. The van der Waals surface area contributed by atoms with Gasteiger partial charge in [0, 0.05) is 0 Å². The van der Waals surface area contributed by atoms with Crippen LogP contribution < -0.4 is 4.90 Å². The topological polar surface area (TPSA) is 65.3 Å². The van der Waals surface area contributed by atoms with E-state index in [1.807, 2.05) is 50.2 Å². The van der Waals surface area contributed by atoms with E-state index in [1.54, 1.807) is 17.1 Å². The van der Waals surface area contributed by atoms with Gasteiger partial charge in [-0.15, -0.1) is 0 Å². The Bertz CT molecular complexity index is 875. The van der Waals surface area contributed by atoms with Crippen LogP contribution in [0.1, 0.15) is 16.7 Å². The minimum Gasteiger partial charge on any atom is -0.271 e. The maximum Gasteiger partial charge on any atom is 0.263 e. The monoisotopic (exact) mass is 334 g/mol. The molecular formula is C19H18N4O2. The van der Waals surface area contributed by atoms with Crippen molar-refractivity contribution in [1.82, 2.24) is 5.01 Å². The molecule has 0 radical (unpaired) electrons. The average Bonchev–Trinajstić information content (AvgIpc) is 3.10. The molecule has 2 aromatic rings. The Labute approximate surface area is 145 Å². The summed E-state index contributed by atoms with van der Waals surface area (Å²) < 4.78 is 0. The van der Waals surface area contributed by atoms with Gasteiger partial charge in [-0.3, -0.25) is 14.6 Å². The van der Waals surface area contributed by atoms with Crippen molar-refractivity contribution in [3.8, 4) is 0 Å². The Morgan fingerprint density at radius 1 is 0.960 bits per heavy atom. The lowest BCUT2D eigenvalue weighted by Crippen LogP contribution is -2.39. The summed E-state index contributed by atoms with van der Waals surface area (Å²) in [5.41, 5.74) is 3.83. The van der Waals surface area contributed by atoms with Gasteiger partial charge in [-0.1, -0.05) is 52.7 Å². The highest BCUT2D eigenvalue weighted by Crippen LogP contribution is 2.32. The van der Waals surface area contributed by atoms with Crippen LogP contribution in [0.3, 0.4) is 0 Å². The largest absolute Gasteiger partial charge is 0.271 e. The predicted octanol–water partition coefficient (Wildman–Crippen LogP) is 2.80. The Morgan fingerprint density at radius 3 is 2.44 bits per heavy atom. The number of carbonyl (C=O) groups excluding carboxylic acids is 2. The number of carbonyl (C=O) groups is 2. The molecule has 2 unspecified atom stereocenters. The Morgan fingerprint density at radius 2 is 1.72 bits per heavy atom. The number of aryl methyl sites for hydroxylation is 2. The van der Waals surface area contributed by atoms with Crippen molar-refractivity contribution >= 4 is 17.5 Å². The molecule has 0 aromatic heterocycles. The van der Waals surface area contributed by atoms with Gasteiger partial charge in [0.1, 0.15) is 0 Å². The fourth-order valence-corrected chi connectivity index (χ4v) is 3.30. The molecule has 2 atom stereocenters. The van der Waals surface area contributed by atoms with Crippen molar-refractivity contribution in [2.24, 2.45) is 10.3 Å². The standard InChI is InChI=1S/C19H18N4O2/c1-12-6-8-15(9-7-12)23-18(24)16-17(19(23)25)22(21-20-16)11-14-5-3-4-13(2)10-14/h3-10,16-17H,11H2,1-2H3. The number of anilines is 1. The Balaban J connectivity index is 1.60. The van der Waals surface area contributed by atoms with Gasteiger partial charge in [0.2, 0.25) is 0 Å². The lowest BCUT2D eigenvalue weighted by molar-refractivity contribution is -0.123. The lowest BCUT2D eigenvalue weighted by atomic mass is 10.1. The molecule has 0 aliphatic carbocycles. The predicted molar refractivity (Wildman–Crippen MR) is 92.8 cm³/mol. The molecule has 2 heterocycles. The summed E-state index contributed by atoms with van der Waals surface area (Å²) >= 11 is 0. The molecule has 2 aliphatic rings. The summed E-state index contributed by atoms with van der Waals surface area (Å²) in [7, 11) is 0. The van der Waals surface area contributed by atoms with Crippen molar-refractivity contribution in [2.75, 3.05) is 4.90 Å². The molecule has 25 heavy (non-hydrogen) atoms. The quantitative estimate of drug-likeness (QED) is 0.811. The zero-order valence-corrected chi connectivity index (χ0v) is 14.1. The summed E-state index contributed by atoms with van der Waals surface area (Å²) in [5, 5.41) is 9.76. The zero-order valence-electron chi connectivity index (χ0n) is 14.1. The molecule has 4 rings (SSSR count). The van der Waals surface area contributed by atoms with Crippen LogP contribution >= 0.6 is 0 Å². The van der Waals surface area contributed by atoms with Gasteiger partial charge >= 0.3 is 0 Å². The molecule has 2 aliphatic heterocycles. The molecule has 2 amide bonds. The summed E-state index contributed by atoms with van der Waals surface area (Å²) in [6, 6.07) is 13.9. The van der Waals surface area contributed by atoms with E-state index < -0.39 is 12.1 Å². The third-order valence-corrected chi connectivity index (χ3v) is 4.58. The number of nitrogens with zero attached hydrogens (tertiary/aromatic N) is 4. The van der Waals surface area contributed by atoms with E-state index in [2.05, 4.69) is 10.3 Å².